The van der Waals surface area contributed by atoms with Crippen molar-refractivity contribution in [1.29, 1.82) is 0 Å². The number of nitrogens with zero attached hydrogens (tertiary/aromatic N) is 1. The van der Waals surface area contributed by atoms with Gasteiger partial charge in [0.2, 0.25) is 0 Å². The Bertz CT molecular complexity index is 156. The number of hydrogen-bond acceptors (Lipinski definition) is 3. The van der Waals surface area contributed by atoms with Crippen LogP contribution in [0, 0.1) is 0 Å². The molecule has 0 rings (SSSR count). The number of rotatable bonds is 7. The summed E-state index contributed by atoms with van der Waals surface area (Å²) in [5.74, 6) is 0. The van der Waals surface area contributed by atoms with Gasteiger partial charge in [-0.25, -0.2) is 4.79 Å². The first-order chi connectivity index (χ1) is 6.74. The van der Waals surface area contributed by atoms with Crippen molar-refractivity contribution >= 4 is 6.09 Å². The highest BCUT2D eigenvalue weighted by Gasteiger charge is 2.02. The number of nitrogens with one attached hydrogen (secondary N) is 1. The number of carbonyl (C=O) groups excluding carboxylic acids is 1. The fourth-order valence-electron chi connectivity index (χ4n) is 1.24. The molecule has 0 aliphatic carbocycles. The van der Waals surface area contributed by atoms with E-state index in [0.717, 1.165) is 26.1 Å². The van der Waals surface area contributed by atoms with Gasteiger partial charge in [0.05, 0.1) is 6.61 Å². The summed E-state index contributed by atoms with van der Waals surface area (Å²) >= 11 is 0. The van der Waals surface area contributed by atoms with Crippen LogP contribution < -0.4 is 5.32 Å². The van der Waals surface area contributed by atoms with E-state index in [9.17, 15) is 4.79 Å². The Balaban J connectivity index is 0. The van der Waals surface area contributed by atoms with E-state index in [1.165, 1.54) is 0 Å². The van der Waals surface area contributed by atoms with Crippen molar-refractivity contribution in [2.45, 2.75) is 27.2 Å². The van der Waals surface area contributed by atoms with Crippen molar-refractivity contribution in [3.63, 3.8) is 0 Å². The molecule has 0 fully saturated rings. The lowest BCUT2D eigenvalue weighted by Gasteiger charge is -2.19. The first kappa shape index (κ1) is 13.2. The van der Waals surface area contributed by atoms with Gasteiger partial charge in [0, 0.05) is 14.5 Å². The second-order valence-electron chi connectivity index (χ2n) is 3.08. The van der Waals surface area contributed by atoms with Crippen LogP contribution in [0.5, 0.6) is 0 Å². The molecule has 0 bridgehead atoms. The zero-order chi connectivity index (χ0) is 10.8. The number of ether oxygens (including phenoxy) is 1. The highest BCUT2D eigenvalue weighted by atomic mass is 16.5. The van der Waals surface area contributed by atoms with Crippen molar-refractivity contribution in [2.75, 3.05) is 32.8 Å². The average Bonchev–Trinajstić information content (AvgIpc) is 2.17. The highest BCUT2D eigenvalue weighted by Crippen LogP contribution is 1.89. The molecule has 0 atom stereocenters. The van der Waals surface area contributed by atoms with E-state index in [0.29, 0.717) is 13.2 Å². The molecule has 0 aliphatic rings. The fourth-order valence-corrected chi connectivity index (χ4v) is 1.24. The third-order valence-electron chi connectivity index (χ3n) is 1.96. The van der Waals surface area contributed by atoms with Crippen LogP contribution in [0.15, 0.2) is 0 Å². The summed E-state index contributed by atoms with van der Waals surface area (Å²) in [7, 11) is 0. The zero-order valence-corrected chi connectivity index (χ0v) is 9.51. The van der Waals surface area contributed by atoms with Gasteiger partial charge in [-0.2, -0.15) is 0 Å². The molecule has 0 spiro atoms. The maximum Gasteiger partial charge on any atom is 0.407 e. The van der Waals surface area contributed by atoms with E-state index in [-0.39, 0.29) is 7.52 Å². The Morgan fingerprint density at radius 1 is 1.36 bits per heavy atom. The Morgan fingerprint density at radius 3 is 2.57 bits per heavy atom. The van der Waals surface area contributed by atoms with Gasteiger partial charge < -0.3 is 15.0 Å². The van der Waals surface area contributed by atoms with Gasteiger partial charge in [-0.05, 0) is 26.4 Å². The Kier molecular flexibility index (Phi) is 8.33. The molecule has 0 saturated heterocycles. The fraction of sp³-hybridized carbons (Fsp3) is 0.900. The predicted molar refractivity (Wildman–Crippen MR) is 59.5 cm³/mol. The topological polar surface area (TPSA) is 41.6 Å². The summed E-state index contributed by atoms with van der Waals surface area (Å²) in [5, 5.41) is 2.70. The summed E-state index contributed by atoms with van der Waals surface area (Å²) in [5.41, 5.74) is 0. The summed E-state index contributed by atoms with van der Waals surface area (Å²) in [4.78, 5) is 13.2. The van der Waals surface area contributed by atoms with Gasteiger partial charge in [0.25, 0.3) is 0 Å². The van der Waals surface area contributed by atoms with E-state index in [1.807, 2.05) is 0 Å². The Hall–Kier alpha value is -0.770. The van der Waals surface area contributed by atoms with Crippen LogP contribution in [0.3, 0.4) is 0 Å². The smallest absolute Gasteiger partial charge is 0.407 e. The summed E-state index contributed by atoms with van der Waals surface area (Å²) < 4.78 is 4.75. The third-order valence-corrected chi connectivity index (χ3v) is 1.96. The van der Waals surface area contributed by atoms with Crippen molar-refractivity contribution < 1.29 is 11.0 Å². The number of likely N-dealkylation sites (N-methyl/N-ethyl adjacent to an activating group) is 1. The lowest BCUT2D eigenvalue weighted by molar-refractivity contribution is 0.150. The largest absolute Gasteiger partial charge is 0.450 e. The molecule has 0 aromatic heterocycles. The van der Waals surface area contributed by atoms with Gasteiger partial charge in [-0.1, -0.05) is 13.8 Å². The number of alkyl carbamates (subject to hydrolysis) is 1. The molecule has 0 radical (unpaired) electrons. The van der Waals surface area contributed by atoms with E-state index < -0.39 is 0 Å². The monoisotopic (exact) mass is 204 g/mol. The Labute approximate surface area is 88.1 Å². The lowest BCUT2D eigenvalue weighted by Crippen LogP contribution is -2.35. The minimum absolute atomic E-state index is 0. The molecule has 4 heteroatoms. The Morgan fingerprint density at radius 2 is 2.07 bits per heavy atom. The minimum Gasteiger partial charge on any atom is -0.450 e. The summed E-state index contributed by atoms with van der Waals surface area (Å²) in [6.45, 7) is 10.2. The van der Waals surface area contributed by atoms with Gasteiger partial charge in [-0.15, -0.1) is 0 Å². The molecule has 86 valence electrons. The van der Waals surface area contributed by atoms with Crippen LogP contribution in [-0.2, 0) is 4.74 Å². The van der Waals surface area contributed by atoms with Crippen LogP contribution in [-0.4, -0.2) is 43.8 Å². The molecule has 0 saturated carbocycles. The van der Waals surface area contributed by atoms with Crippen molar-refractivity contribution in [3.8, 4) is 0 Å². The van der Waals surface area contributed by atoms with E-state index in [2.05, 4.69) is 24.1 Å². The molecule has 0 unspecified atom stereocenters. The van der Waals surface area contributed by atoms with Gasteiger partial charge in [-0.3, -0.25) is 0 Å². The van der Waals surface area contributed by atoms with Crippen molar-refractivity contribution in [1.82, 2.24) is 10.2 Å². The summed E-state index contributed by atoms with van der Waals surface area (Å²) in [6.07, 6.45) is 0.827. The second kappa shape index (κ2) is 8.81. The number of hydrogen-bond donors (Lipinski definition) is 1. The quantitative estimate of drug-likeness (QED) is 0.686. The van der Waals surface area contributed by atoms with Gasteiger partial charge >= 0.3 is 6.09 Å². The maximum atomic E-state index is 10.9. The van der Waals surface area contributed by atoms with Crippen molar-refractivity contribution in [3.05, 3.63) is 0 Å². The van der Waals surface area contributed by atoms with Crippen LogP contribution in [0.4, 0.5) is 4.79 Å². The molecular weight excluding hydrogens is 180 g/mol. The molecule has 0 aliphatic heterocycles. The predicted octanol–water partition coefficient (Wildman–Crippen LogP) is 1.71. The van der Waals surface area contributed by atoms with Crippen LogP contribution in [0.2, 0.25) is 0 Å². The molecule has 14 heavy (non-hydrogen) atoms. The van der Waals surface area contributed by atoms with E-state index in [1.54, 1.807) is 6.92 Å². The number of amides is 1. The molecule has 0 heterocycles. The van der Waals surface area contributed by atoms with Crippen LogP contribution in [0.25, 0.3) is 0 Å². The summed E-state index contributed by atoms with van der Waals surface area (Å²) in [6, 6.07) is 0. The molecule has 1 amide bonds. The SMILES string of the molecule is CCCN(CC)CCNC(=O)OCC.[HH]. The molecule has 4 nitrogen and oxygen atoms in total. The lowest BCUT2D eigenvalue weighted by atomic mass is 10.4. The number of carbonyl (C=O) groups is 1. The zero-order valence-electron chi connectivity index (χ0n) is 9.51. The highest BCUT2D eigenvalue weighted by molar-refractivity contribution is 5.66. The first-order valence-electron chi connectivity index (χ1n) is 5.37. The molecular formula is C10H24N2O2. The maximum absolute atomic E-state index is 10.9. The standard InChI is InChI=1S/C10H22N2O2.H2/c1-4-8-12(5-2)9-7-11-10(13)14-6-3;/h4-9H2,1-3H3,(H,11,13);1H. The van der Waals surface area contributed by atoms with Gasteiger partial charge in [0.15, 0.2) is 0 Å². The normalized spacial score (nSPS) is 10.3. The van der Waals surface area contributed by atoms with E-state index >= 15 is 0 Å². The average molecular weight is 204 g/mol. The minimum atomic E-state index is -0.319. The van der Waals surface area contributed by atoms with E-state index in [4.69, 9.17) is 4.74 Å². The second-order valence-corrected chi connectivity index (χ2v) is 3.08. The van der Waals surface area contributed by atoms with Crippen LogP contribution >= 0.6 is 0 Å². The molecule has 1 N–H and O–H groups in total. The van der Waals surface area contributed by atoms with Crippen LogP contribution in [0.1, 0.15) is 28.6 Å². The van der Waals surface area contributed by atoms with Gasteiger partial charge in [0.1, 0.15) is 0 Å². The molecule has 0 aromatic carbocycles. The molecule has 0 aromatic rings. The first-order valence-corrected chi connectivity index (χ1v) is 5.37. The van der Waals surface area contributed by atoms with Crippen molar-refractivity contribution in [2.24, 2.45) is 0 Å². The third kappa shape index (κ3) is 6.71.